The molecule has 1 aliphatic rings. The Hall–Kier alpha value is -0.550. The number of likely N-dealkylation sites (N-methyl/N-ethyl adjacent to an activating group) is 1. The van der Waals surface area contributed by atoms with Crippen LogP contribution in [0.1, 0.15) is 13.3 Å². The van der Waals surface area contributed by atoms with E-state index in [1.165, 1.54) is 11.3 Å². The van der Waals surface area contributed by atoms with Crippen LogP contribution >= 0.6 is 0 Å². The molecule has 1 saturated heterocycles. The second kappa shape index (κ2) is 1.75. The maximum atomic E-state index is 5.09. The monoisotopic (exact) mass is 112 g/mol. The molecule has 44 valence electrons. The van der Waals surface area contributed by atoms with E-state index < -0.39 is 0 Å². The van der Waals surface area contributed by atoms with Gasteiger partial charge in [-0.25, -0.2) is 4.90 Å². The first-order valence-electron chi connectivity index (χ1n) is 3.04. The van der Waals surface area contributed by atoms with Crippen molar-refractivity contribution in [3.63, 3.8) is 0 Å². The average molecular weight is 112 g/mol. The van der Waals surface area contributed by atoms with Crippen molar-refractivity contribution in [2.75, 3.05) is 7.05 Å². The SMILES string of the molecule is C#[N+]C1C(CC)[NH+]1C. The van der Waals surface area contributed by atoms with Crippen LogP contribution in [0.25, 0.3) is 4.85 Å². The van der Waals surface area contributed by atoms with Crippen LogP contribution in [0.3, 0.4) is 0 Å². The van der Waals surface area contributed by atoms with Crippen molar-refractivity contribution in [1.82, 2.24) is 0 Å². The van der Waals surface area contributed by atoms with E-state index in [9.17, 15) is 0 Å². The van der Waals surface area contributed by atoms with Crippen LogP contribution in [0.5, 0.6) is 0 Å². The zero-order chi connectivity index (χ0) is 6.15. The molecule has 1 fully saturated rings. The van der Waals surface area contributed by atoms with E-state index in [0.717, 1.165) is 0 Å². The van der Waals surface area contributed by atoms with E-state index in [-0.39, 0.29) is 0 Å². The maximum absolute atomic E-state index is 5.09. The van der Waals surface area contributed by atoms with Crippen LogP contribution in [-0.2, 0) is 0 Å². The molecule has 3 unspecified atom stereocenters. The first kappa shape index (κ1) is 5.58. The van der Waals surface area contributed by atoms with Gasteiger partial charge in [-0.15, -0.1) is 0 Å². The van der Waals surface area contributed by atoms with Gasteiger partial charge in [0.25, 0.3) is 6.57 Å². The number of hydrogen-bond acceptors (Lipinski definition) is 0. The van der Waals surface area contributed by atoms with Gasteiger partial charge < -0.3 is 0 Å². The normalized spacial score (nSPS) is 43.4. The van der Waals surface area contributed by atoms with Crippen molar-refractivity contribution in [2.24, 2.45) is 0 Å². The van der Waals surface area contributed by atoms with E-state index in [0.29, 0.717) is 12.2 Å². The molecule has 1 N–H and O–H groups in total. The molecular formula is C6H12N2+2. The third kappa shape index (κ3) is 0.597. The fourth-order valence-corrected chi connectivity index (χ4v) is 1.21. The van der Waals surface area contributed by atoms with E-state index in [4.69, 9.17) is 6.57 Å². The van der Waals surface area contributed by atoms with Gasteiger partial charge in [0.1, 0.15) is 0 Å². The number of quaternary nitrogens is 1. The Labute approximate surface area is 49.9 Å². The van der Waals surface area contributed by atoms with Crippen molar-refractivity contribution in [2.45, 2.75) is 25.6 Å². The van der Waals surface area contributed by atoms with Gasteiger partial charge in [-0.2, -0.15) is 0 Å². The van der Waals surface area contributed by atoms with E-state index in [2.05, 4.69) is 18.8 Å². The lowest BCUT2D eigenvalue weighted by atomic mass is 10.3. The lowest BCUT2D eigenvalue weighted by Gasteiger charge is -1.73. The Morgan fingerprint density at radius 3 is 2.50 bits per heavy atom. The molecule has 0 aromatic carbocycles. The zero-order valence-electron chi connectivity index (χ0n) is 5.39. The summed E-state index contributed by atoms with van der Waals surface area (Å²) >= 11 is 0. The molecule has 3 atom stereocenters. The van der Waals surface area contributed by atoms with Crippen molar-refractivity contribution in [3.05, 3.63) is 4.85 Å². The summed E-state index contributed by atoms with van der Waals surface area (Å²) in [5.41, 5.74) is 0. The third-order valence-electron chi connectivity index (χ3n) is 1.92. The van der Waals surface area contributed by atoms with Crippen LogP contribution in [0.15, 0.2) is 0 Å². The summed E-state index contributed by atoms with van der Waals surface area (Å²) in [7, 11) is 2.12. The van der Waals surface area contributed by atoms with Gasteiger partial charge in [0, 0.05) is 6.42 Å². The molecule has 0 bridgehead atoms. The highest BCUT2D eigenvalue weighted by atomic mass is 15.4. The van der Waals surface area contributed by atoms with E-state index >= 15 is 0 Å². The summed E-state index contributed by atoms with van der Waals surface area (Å²) in [5.74, 6) is 0. The van der Waals surface area contributed by atoms with Crippen LogP contribution in [0.2, 0.25) is 0 Å². The van der Waals surface area contributed by atoms with Crippen molar-refractivity contribution >= 4 is 0 Å². The Bertz CT molecular complexity index is 125. The smallest absolute Gasteiger partial charge is 0.245 e. The molecule has 1 heterocycles. The second-order valence-corrected chi connectivity index (χ2v) is 2.35. The first-order valence-corrected chi connectivity index (χ1v) is 3.04. The Morgan fingerprint density at radius 1 is 1.75 bits per heavy atom. The lowest BCUT2D eigenvalue weighted by Crippen LogP contribution is -2.91. The number of rotatable bonds is 1. The minimum atomic E-state index is 0.403. The van der Waals surface area contributed by atoms with Gasteiger partial charge in [-0.3, -0.25) is 0 Å². The van der Waals surface area contributed by atoms with E-state index in [1.54, 1.807) is 0 Å². The Kier molecular flexibility index (Phi) is 1.22. The molecule has 0 radical (unpaired) electrons. The number of nitrogens with one attached hydrogen (secondary N) is 1. The summed E-state index contributed by atoms with van der Waals surface area (Å²) in [5, 5.41) is 0. The van der Waals surface area contributed by atoms with Gasteiger partial charge in [0.15, 0.2) is 0 Å². The minimum Gasteiger partial charge on any atom is -0.245 e. The Morgan fingerprint density at radius 2 is 2.38 bits per heavy atom. The van der Waals surface area contributed by atoms with Gasteiger partial charge in [-0.05, 0) is 4.85 Å². The molecular weight excluding hydrogens is 100 g/mol. The largest absolute Gasteiger partial charge is 0.441 e. The predicted octanol–water partition coefficient (Wildman–Crippen LogP) is -0.418. The standard InChI is InChI=1S/C6H11N2/c1-4-5-6(7-2)8(5)3/h2,5-6H,4H2,1,3H3/q+1/p+1. The lowest BCUT2D eigenvalue weighted by molar-refractivity contribution is -0.761. The number of nitrogens with zero attached hydrogens (tertiary/aromatic N) is 1. The minimum absolute atomic E-state index is 0.403. The summed E-state index contributed by atoms with van der Waals surface area (Å²) < 4.78 is 0. The van der Waals surface area contributed by atoms with E-state index in [1.807, 2.05) is 0 Å². The molecule has 1 rings (SSSR count). The van der Waals surface area contributed by atoms with Crippen LogP contribution < -0.4 is 4.90 Å². The summed E-state index contributed by atoms with van der Waals surface area (Å²) in [6.07, 6.45) is 1.59. The second-order valence-electron chi connectivity index (χ2n) is 2.35. The quantitative estimate of drug-likeness (QED) is 0.441. The van der Waals surface area contributed by atoms with Crippen molar-refractivity contribution in [1.29, 1.82) is 0 Å². The summed E-state index contributed by atoms with van der Waals surface area (Å²) in [6.45, 7) is 7.26. The molecule has 0 saturated carbocycles. The van der Waals surface area contributed by atoms with Gasteiger partial charge in [0.05, 0.1) is 7.05 Å². The summed E-state index contributed by atoms with van der Waals surface area (Å²) in [6, 6.07) is 0.708. The highest BCUT2D eigenvalue weighted by Crippen LogP contribution is 2.04. The van der Waals surface area contributed by atoms with Crippen molar-refractivity contribution in [3.8, 4) is 6.57 Å². The molecule has 0 amide bonds. The molecule has 0 spiro atoms. The fraction of sp³-hybridized carbons (Fsp3) is 0.833. The molecule has 0 aromatic rings. The van der Waals surface area contributed by atoms with Crippen LogP contribution in [0.4, 0.5) is 0 Å². The molecule has 1 aliphatic heterocycles. The highest BCUT2D eigenvalue weighted by molar-refractivity contribution is 4.88. The topological polar surface area (TPSA) is 8.80 Å². The summed E-state index contributed by atoms with van der Waals surface area (Å²) in [4.78, 5) is 5.15. The predicted molar refractivity (Wildman–Crippen MR) is 33.1 cm³/mol. The van der Waals surface area contributed by atoms with Crippen LogP contribution in [-0.4, -0.2) is 19.3 Å². The first-order chi connectivity index (χ1) is 3.81. The van der Waals surface area contributed by atoms with Gasteiger partial charge in [-0.1, -0.05) is 6.92 Å². The zero-order valence-corrected chi connectivity index (χ0v) is 5.39. The van der Waals surface area contributed by atoms with Crippen LogP contribution in [0, 0.1) is 6.57 Å². The molecule has 2 nitrogen and oxygen atoms in total. The molecule has 8 heavy (non-hydrogen) atoms. The maximum Gasteiger partial charge on any atom is 0.441 e. The fourth-order valence-electron chi connectivity index (χ4n) is 1.21. The number of hydrogen-bond donors (Lipinski definition) is 1. The Balaban J connectivity index is 2.37. The average Bonchev–Trinajstić information content (AvgIpc) is 2.40. The molecule has 2 heteroatoms. The van der Waals surface area contributed by atoms with Crippen molar-refractivity contribution < 1.29 is 4.90 Å². The highest BCUT2D eigenvalue weighted by Gasteiger charge is 2.59. The third-order valence-corrected chi connectivity index (χ3v) is 1.92. The van der Waals surface area contributed by atoms with Gasteiger partial charge >= 0.3 is 6.17 Å². The van der Waals surface area contributed by atoms with Gasteiger partial charge in [0.2, 0.25) is 6.04 Å². The molecule has 0 aromatic heterocycles. The molecule has 0 aliphatic carbocycles.